The second kappa shape index (κ2) is 7.20. The van der Waals surface area contributed by atoms with Crippen LogP contribution in [0.5, 0.6) is 0 Å². The molecule has 0 aliphatic rings. The van der Waals surface area contributed by atoms with Crippen molar-refractivity contribution >= 4 is 11.6 Å². The first kappa shape index (κ1) is 15.4. The Balaban J connectivity index is 1.55. The van der Waals surface area contributed by atoms with E-state index in [1.165, 1.54) is 0 Å². The second-order valence-electron chi connectivity index (χ2n) is 5.10. The smallest absolute Gasteiger partial charge is 0.247 e. The highest BCUT2D eigenvalue weighted by Gasteiger charge is 2.10. The van der Waals surface area contributed by atoms with Crippen molar-refractivity contribution in [2.45, 2.75) is 12.8 Å². The van der Waals surface area contributed by atoms with Gasteiger partial charge >= 0.3 is 0 Å². The van der Waals surface area contributed by atoms with Gasteiger partial charge in [0.15, 0.2) is 0 Å². The Morgan fingerprint density at radius 3 is 2.54 bits per heavy atom. The first-order valence-electron chi connectivity index (χ1n) is 7.42. The maximum Gasteiger partial charge on any atom is 0.247 e. The summed E-state index contributed by atoms with van der Waals surface area (Å²) < 4.78 is 5.56. The molecular formula is C18H14N4O2. The van der Waals surface area contributed by atoms with Gasteiger partial charge in [0.25, 0.3) is 0 Å². The Morgan fingerprint density at radius 1 is 1.08 bits per heavy atom. The molecule has 1 N–H and O–H groups in total. The molecule has 0 unspecified atom stereocenters. The third-order valence-corrected chi connectivity index (χ3v) is 3.35. The van der Waals surface area contributed by atoms with Crippen LogP contribution in [0, 0.1) is 11.3 Å². The molecule has 0 spiro atoms. The van der Waals surface area contributed by atoms with Crippen molar-refractivity contribution in [3.8, 4) is 17.5 Å². The van der Waals surface area contributed by atoms with Crippen LogP contribution >= 0.6 is 0 Å². The van der Waals surface area contributed by atoms with Gasteiger partial charge in [0.2, 0.25) is 17.7 Å². The highest BCUT2D eigenvalue weighted by atomic mass is 16.4. The number of hydrogen-bond donors (Lipinski definition) is 1. The van der Waals surface area contributed by atoms with Gasteiger partial charge in [-0.05, 0) is 36.4 Å². The number of benzene rings is 2. The topological polar surface area (TPSA) is 91.8 Å². The Labute approximate surface area is 138 Å². The van der Waals surface area contributed by atoms with Crippen LogP contribution in [-0.4, -0.2) is 16.1 Å². The van der Waals surface area contributed by atoms with Gasteiger partial charge in [0.1, 0.15) is 0 Å². The molecule has 6 nitrogen and oxygen atoms in total. The van der Waals surface area contributed by atoms with E-state index in [2.05, 4.69) is 15.5 Å². The summed E-state index contributed by atoms with van der Waals surface area (Å²) in [6.07, 6.45) is 0.596. The molecule has 1 aromatic heterocycles. The summed E-state index contributed by atoms with van der Waals surface area (Å²) in [4.78, 5) is 12.0. The van der Waals surface area contributed by atoms with Gasteiger partial charge in [-0.15, -0.1) is 10.2 Å². The quantitative estimate of drug-likeness (QED) is 0.780. The fourth-order valence-corrected chi connectivity index (χ4v) is 2.12. The van der Waals surface area contributed by atoms with Crippen molar-refractivity contribution in [1.82, 2.24) is 10.2 Å². The molecule has 0 bridgehead atoms. The van der Waals surface area contributed by atoms with Crippen molar-refractivity contribution in [3.05, 3.63) is 66.1 Å². The number of rotatable bonds is 5. The summed E-state index contributed by atoms with van der Waals surface area (Å²) in [6.45, 7) is 0. The molecule has 3 aromatic rings. The summed E-state index contributed by atoms with van der Waals surface area (Å²) in [5.41, 5.74) is 2.04. The van der Waals surface area contributed by atoms with Crippen LogP contribution in [0.1, 0.15) is 17.9 Å². The molecule has 0 aliphatic heterocycles. The lowest BCUT2D eigenvalue weighted by Gasteiger charge is -2.03. The molecule has 0 fully saturated rings. The largest absolute Gasteiger partial charge is 0.421 e. The highest BCUT2D eigenvalue weighted by Crippen LogP contribution is 2.17. The SMILES string of the molecule is N#Cc1ccc(NC(=O)CCc2nnc(-c3ccccc3)o2)cc1. The summed E-state index contributed by atoms with van der Waals surface area (Å²) in [5, 5.41) is 19.5. The molecule has 0 aliphatic carbocycles. The van der Waals surface area contributed by atoms with E-state index < -0.39 is 0 Å². The number of aryl methyl sites for hydroxylation is 1. The third-order valence-electron chi connectivity index (χ3n) is 3.35. The highest BCUT2D eigenvalue weighted by molar-refractivity contribution is 5.90. The van der Waals surface area contributed by atoms with E-state index >= 15 is 0 Å². The lowest BCUT2D eigenvalue weighted by atomic mass is 10.2. The summed E-state index contributed by atoms with van der Waals surface area (Å²) in [7, 11) is 0. The first-order chi connectivity index (χ1) is 11.7. The van der Waals surface area contributed by atoms with Gasteiger partial charge in [-0.1, -0.05) is 18.2 Å². The van der Waals surface area contributed by atoms with E-state index in [4.69, 9.17) is 9.68 Å². The number of carbonyl (C=O) groups is 1. The van der Waals surface area contributed by atoms with Gasteiger partial charge in [-0.2, -0.15) is 5.26 Å². The van der Waals surface area contributed by atoms with Crippen molar-refractivity contribution in [2.75, 3.05) is 5.32 Å². The number of hydrogen-bond acceptors (Lipinski definition) is 5. The Kier molecular flexibility index (Phi) is 4.63. The maximum atomic E-state index is 12.0. The van der Waals surface area contributed by atoms with E-state index in [1.807, 2.05) is 36.4 Å². The van der Waals surface area contributed by atoms with Crippen LogP contribution < -0.4 is 5.32 Å². The molecule has 2 aromatic carbocycles. The average Bonchev–Trinajstić information content (AvgIpc) is 3.10. The second-order valence-corrected chi connectivity index (χ2v) is 5.10. The van der Waals surface area contributed by atoms with Crippen molar-refractivity contribution in [2.24, 2.45) is 0 Å². The van der Waals surface area contributed by atoms with E-state index in [-0.39, 0.29) is 12.3 Å². The molecule has 0 saturated heterocycles. The molecule has 3 rings (SSSR count). The van der Waals surface area contributed by atoms with E-state index in [1.54, 1.807) is 24.3 Å². The summed E-state index contributed by atoms with van der Waals surface area (Å²) in [5.74, 6) is 0.709. The summed E-state index contributed by atoms with van der Waals surface area (Å²) in [6, 6.07) is 18.2. The van der Waals surface area contributed by atoms with E-state index in [0.717, 1.165) is 5.56 Å². The fraction of sp³-hybridized carbons (Fsp3) is 0.111. The minimum absolute atomic E-state index is 0.154. The molecule has 0 radical (unpaired) electrons. The normalized spacial score (nSPS) is 10.1. The van der Waals surface area contributed by atoms with E-state index in [9.17, 15) is 4.79 Å². The number of nitrogens with one attached hydrogen (secondary N) is 1. The van der Waals surface area contributed by atoms with Gasteiger partial charge < -0.3 is 9.73 Å². The molecule has 0 atom stereocenters. The predicted molar refractivity (Wildman–Crippen MR) is 87.8 cm³/mol. The number of nitriles is 1. The number of amides is 1. The number of nitrogens with zero attached hydrogens (tertiary/aromatic N) is 3. The first-order valence-corrected chi connectivity index (χ1v) is 7.42. The lowest BCUT2D eigenvalue weighted by Crippen LogP contribution is -2.12. The van der Waals surface area contributed by atoms with Crippen LogP contribution in [0.15, 0.2) is 59.0 Å². The zero-order valence-electron chi connectivity index (χ0n) is 12.8. The Hall–Kier alpha value is -3.46. The molecular weight excluding hydrogens is 304 g/mol. The Bertz CT molecular complexity index is 864. The van der Waals surface area contributed by atoms with Gasteiger partial charge in [0.05, 0.1) is 11.6 Å². The third kappa shape index (κ3) is 3.84. The van der Waals surface area contributed by atoms with Gasteiger partial charge in [-0.3, -0.25) is 4.79 Å². The van der Waals surface area contributed by atoms with Gasteiger partial charge in [0, 0.05) is 24.1 Å². The monoisotopic (exact) mass is 318 g/mol. The molecule has 6 heteroatoms. The molecule has 1 heterocycles. The predicted octanol–water partition coefficient (Wildman–Crippen LogP) is 3.18. The molecule has 118 valence electrons. The molecule has 24 heavy (non-hydrogen) atoms. The van der Waals surface area contributed by atoms with Crippen LogP contribution in [0.25, 0.3) is 11.5 Å². The van der Waals surface area contributed by atoms with Crippen molar-refractivity contribution in [1.29, 1.82) is 5.26 Å². The molecule has 1 amide bonds. The van der Waals surface area contributed by atoms with Gasteiger partial charge in [-0.25, -0.2) is 0 Å². The Morgan fingerprint density at radius 2 is 1.83 bits per heavy atom. The molecule has 0 saturated carbocycles. The number of anilines is 1. The minimum atomic E-state index is -0.154. The number of carbonyl (C=O) groups excluding carboxylic acids is 1. The average molecular weight is 318 g/mol. The fourth-order valence-electron chi connectivity index (χ4n) is 2.12. The lowest BCUT2D eigenvalue weighted by molar-refractivity contribution is -0.116. The van der Waals surface area contributed by atoms with Crippen LogP contribution in [0.3, 0.4) is 0 Å². The zero-order chi connectivity index (χ0) is 16.8. The standard InChI is InChI=1S/C18H14N4O2/c19-12-13-6-8-15(9-7-13)20-16(23)10-11-17-21-22-18(24-17)14-4-2-1-3-5-14/h1-9H,10-11H2,(H,20,23). The van der Waals surface area contributed by atoms with Crippen LogP contribution in [-0.2, 0) is 11.2 Å². The van der Waals surface area contributed by atoms with Crippen molar-refractivity contribution < 1.29 is 9.21 Å². The van der Waals surface area contributed by atoms with E-state index in [0.29, 0.717) is 29.5 Å². The summed E-state index contributed by atoms with van der Waals surface area (Å²) >= 11 is 0. The maximum absolute atomic E-state index is 12.0. The zero-order valence-corrected chi connectivity index (χ0v) is 12.8. The minimum Gasteiger partial charge on any atom is -0.421 e. The van der Waals surface area contributed by atoms with Crippen LogP contribution in [0.4, 0.5) is 5.69 Å². The van der Waals surface area contributed by atoms with Crippen molar-refractivity contribution in [3.63, 3.8) is 0 Å². The number of aromatic nitrogens is 2. The van der Waals surface area contributed by atoms with Crippen LogP contribution in [0.2, 0.25) is 0 Å².